The number of amidine groups is 1. The summed E-state index contributed by atoms with van der Waals surface area (Å²) in [5, 5.41) is 13.9. The minimum Gasteiger partial charge on any atom is -0.472 e. The van der Waals surface area contributed by atoms with E-state index in [1.807, 2.05) is 42.6 Å². The van der Waals surface area contributed by atoms with Crippen LogP contribution in [-0.4, -0.2) is 34.9 Å². The maximum absolute atomic E-state index is 9.50. The van der Waals surface area contributed by atoms with E-state index in [1.165, 1.54) is 0 Å². The van der Waals surface area contributed by atoms with E-state index in [9.17, 15) is 5.26 Å². The predicted octanol–water partition coefficient (Wildman–Crippen LogP) is 2.58. The van der Waals surface area contributed by atoms with Gasteiger partial charge in [0.15, 0.2) is 11.8 Å². The third-order valence-corrected chi connectivity index (χ3v) is 4.96. The van der Waals surface area contributed by atoms with Crippen molar-refractivity contribution in [3.05, 3.63) is 53.7 Å². The fourth-order valence-corrected chi connectivity index (χ4v) is 3.48. The molecule has 1 saturated heterocycles. The Morgan fingerprint density at radius 3 is 3.00 bits per heavy atom. The Hall–Kier alpha value is -3.24. The quantitative estimate of drug-likeness (QED) is 0.827. The van der Waals surface area contributed by atoms with E-state index in [0.717, 1.165) is 24.1 Å². The normalized spacial score (nSPS) is 22.8. The number of nitrogens with zero attached hydrogens (tertiary/aromatic N) is 4. The number of hydrogen-bond acceptors (Lipinski definition) is 6. The highest BCUT2D eigenvalue weighted by molar-refractivity contribution is 6.04. The minimum absolute atomic E-state index is 0.0446. The van der Waals surface area contributed by atoms with Crippen LogP contribution in [0.3, 0.4) is 0 Å². The summed E-state index contributed by atoms with van der Waals surface area (Å²) >= 11 is 0. The summed E-state index contributed by atoms with van der Waals surface area (Å²) in [4.78, 5) is 4.34. The lowest BCUT2D eigenvalue weighted by Crippen LogP contribution is -2.21. The van der Waals surface area contributed by atoms with Crippen molar-refractivity contribution in [1.82, 2.24) is 4.98 Å². The van der Waals surface area contributed by atoms with Crippen molar-refractivity contribution in [3.63, 3.8) is 0 Å². The maximum atomic E-state index is 9.50. The van der Waals surface area contributed by atoms with Gasteiger partial charge in [0.05, 0.1) is 24.5 Å². The average molecular weight is 376 g/mol. The van der Waals surface area contributed by atoms with Crippen LogP contribution in [0.2, 0.25) is 0 Å². The van der Waals surface area contributed by atoms with Gasteiger partial charge >= 0.3 is 0 Å². The summed E-state index contributed by atoms with van der Waals surface area (Å²) in [6, 6.07) is 14.1. The second-order valence-corrected chi connectivity index (χ2v) is 6.88. The summed E-state index contributed by atoms with van der Waals surface area (Å²) in [5.74, 6) is 0.661. The average Bonchev–Trinajstić information content (AvgIpc) is 2.90. The lowest BCUT2D eigenvalue weighted by atomic mass is 9.92. The number of fused-ring (bicyclic) bond motifs is 1. The SMILES string of the molecule is N#CC1CCCOCC1C=[N+]1N=C(N)c2c1ccnc2OCc1ccccc1. The van der Waals surface area contributed by atoms with Crippen molar-refractivity contribution in [3.8, 4) is 11.9 Å². The van der Waals surface area contributed by atoms with Crippen LogP contribution in [0.4, 0.5) is 5.69 Å². The van der Waals surface area contributed by atoms with Gasteiger partial charge in [-0.1, -0.05) is 35.0 Å². The molecule has 1 aromatic carbocycles. The van der Waals surface area contributed by atoms with Gasteiger partial charge in [0.1, 0.15) is 6.61 Å². The minimum atomic E-state index is -0.0985. The Kier molecular flexibility index (Phi) is 5.31. The summed E-state index contributed by atoms with van der Waals surface area (Å²) in [7, 11) is 0. The van der Waals surface area contributed by atoms with Crippen LogP contribution in [0.25, 0.3) is 0 Å². The van der Waals surface area contributed by atoms with Gasteiger partial charge in [-0.3, -0.25) is 0 Å². The lowest BCUT2D eigenvalue weighted by Gasteiger charge is -2.10. The molecule has 0 bridgehead atoms. The van der Waals surface area contributed by atoms with Gasteiger partial charge in [0, 0.05) is 24.0 Å². The largest absolute Gasteiger partial charge is 0.472 e. The molecule has 0 radical (unpaired) electrons. The van der Waals surface area contributed by atoms with Crippen LogP contribution >= 0.6 is 0 Å². The number of hydrogen-bond donors (Lipinski definition) is 1. The number of nitrogens with two attached hydrogens (primary N) is 1. The van der Waals surface area contributed by atoms with Gasteiger partial charge in [-0.25, -0.2) is 4.98 Å². The van der Waals surface area contributed by atoms with E-state index in [2.05, 4.69) is 16.2 Å². The van der Waals surface area contributed by atoms with Crippen molar-refractivity contribution >= 4 is 17.7 Å². The number of pyridine rings is 1. The number of benzene rings is 1. The third-order valence-electron chi connectivity index (χ3n) is 4.96. The van der Waals surface area contributed by atoms with Crippen LogP contribution in [0, 0.1) is 23.2 Å². The molecule has 0 aliphatic carbocycles. The van der Waals surface area contributed by atoms with Gasteiger partial charge < -0.3 is 15.2 Å². The van der Waals surface area contributed by atoms with Gasteiger partial charge in [0.25, 0.3) is 5.69 Å². The lowest BCUT2D eigenvalue weighted by molar-refractivity contribution is -0.439. The smallest absolute Gasteiger partial charge is 0.255 e. The number of hydrazone groups is 1. The monoisotopic (exact) mass is 376 g/mol. The summed E-state index contributed by atoms with van der Waals surface area (Å²) in [6.07, 6.45) is 5.32. The highest BCUT2D eigenvalue weighted by Crippen LogP contribution is 2.32. The highest BCUT2D eigenvalue weighted by atomic mass is 16.5. The van der Waals surface area contributed by atoms with E-state index in [0.29, 0.717) is 37.1 Å². The number of aromatic nitrogens is 1. The Morgan fingerprint density at radius 1 is 1.32 bits per heavy atom. The van der Waals surface area contributed by atoms with Crippen molar-refractivity contribution in [2.45, 2.75) is 19.4 Å². The Morgan fingerprint density at radius 2 is 2.18 bits per heavy atom. The van der Waals surface area contributed by atoms with Crippen molar-refractivity contribution < 1.29 is 14.2 Å². The molecule has 4 rings (SSSR count). The molecule has 2 N–H and O–H groups in total. The van der Waals surface area contributed by atoms with E-state index in [1.54, 1.807) is 10.9 Å². The molecule has 3 heterocycles. The first-order valence-electron chi connectivity index (χ1n) is 9.38. The molecule has 0 saturated carbocycles. The fourth-order valence-electron chi connectivity index (χ4n) is 3.48. The molecule has 2 aliphatic heterocycles. The molecule has 1 fully saturated rings. The van der Waals surface area contributed by atoms with Gasteiger partial charge in [-0.05, 0) is 18.4 Å². The first-order valence-corrected chi connectivity index (χ1v) is 9.38. The summed E-state index contributed by atoms with van der Waals surface area (Å²) in [5.41, 5.74) is 8.71. The number of ether oxygens (including phenoxy) is 2. The molecule has 142 valence electrons. The molecule has 0 amide bonds. The Balaban J connectivity index is 1.61. The zero-order chi connectivity index (χ0) is 19.3. The third kappa shape index (κ3) is 3.73. The Bertz CT molecular complexity index is 949. The molecule has 2 unspecified atom stereocenters. The first kappa shape index (κ1) is 18.1. The standard InChI is InChI=1S/C21H22N5O2/c22-11-16-7-4-10-27-14-17(16)12-26-18-8-9-24-21(19(18)20(23)25-26)28-13-15-5-2-1-3-6-15/h1-3,5-6,8-9,12,16-17H,4,7,10,13-14H2,(H2,23,25)/q+1. The predicted molar refractivity (Wildman–Crippen MR) is 104 cm³/mol. The maximum Gasteiger partial charge on any atom is 0.255 e. The zero-order valence-electron chi connectivity index (χ0n) is 15.5. The van der Waals surface area contributed by atoms with Crippen molar-refractivity contribution in [2.75, 3.05) is 13.2 Å². The summed E-state index contributed by atoms with van der Waals surface area (Å²) in [6.45, 7) is 1.59. The Labute approximate surface area is 163 Å². The zero-order valence-corrected chi connectivity index (χ0v) is 15.5. The molecule has 2 aliphatic rings. The molecular weight excluding hydrogens is 354 g/mol. The van der Waals surface area contributed by atoms with Crippen molar-refractivity contribution in [1.29, 1.82) is 5.26 Å². The molecule has 0 spiro atoms. The van der Waals surface area contributed by atoms with Crippen LogP contribution < -0.4 is 10.5 Å². The van der Waals surface area contributed by atoms with Crippen LogP contribution in [0.5, 0.6) is 5.88 Å². The van der Waals surface area contributed by atoms with Gasteiger partial charge in [0.2, 0.25) is 11.7 Å². The molecule has 7 nitrogen and oxygen atoms in total. The topological polar surface area (TPSA) is 96.5 Å². The van der Waals surface area contributed by atoms with E-state index in [-0.39, 0.29) is 11.8 Å². The first-order chi connectivity index (χ1) is 13.8. The summed E-state index contributed by atoms with van der Waals surface area (Å²) < 4.78 is 13.3. The highest BCUT2D eigenvalue weighted by Gasteiger charge is 2.34. The fraction of sp³-hybridized carbons (Fsp3) is 0.333. The second-order valence-electron chi connectivity index (χ2n) is 6.88. The number of rotatable bonds is 4. The molecule has 2 aromatic rings. The molecule has 28 heavy (non-hydrogen) atoms. The van der Waals surface area contributed by atoms with E-state index < -0.39 is 0 Å². The molecular formula is C21H22N5O2+. The number of nitriles is 1. The molecule has 2 atom stereocenters. The van der Waals surface area contributed by atoms with E-state index >= 15 is 0 Å². The van der Waals surface area contributed by atoms with E-state index in [4.69, 9.17) is 15.2 Å². The van der Waals surface area contributed by atoms with Gasteiger partial charge in [-0.2, -0.15) is 5.26 Å². The molecule has 7 heteroatoms. The van der Waals surface area contributed by atoms with Crippen LogP contribution in [-0.2, 0) is 11.3 Å². The van der Waals surface area contributed by atoms with Crippen LogP contribution in [0.15, 0.2) is 47.7 Å². The van der Waals surface area contributed by atoms with Crippen LogP contribution in [0.1, 0.15) is 24.0 Å². The van der Waals surface area contributed by atoms with Gasteiger partial charge in [-0.15, -0.1) is 0 Å². The second kappa shape index (κ2) is 8.19. The van der Waals surface area contributed by atoms with Crippen molar-refractivity contribution in [2.24, 2.45) is 22.7 Å². The molecule has 1 aromatic heterocycles.